The molecule has 3 heterocycles. The van der Waals surface area contributed by atoms with E-state index in [0.717, 1.165) is 37.4 Å². The van der Waals surface area contributed by atoms with Crippen molar-refractivity contribution in [2.45, 2.75) is 25.8 Å². The Morgan fingerprint density at radius 3 is 2.79 bits per heavy atom. The first kappa shape index (κ1) is 22.7. The van der Waals surface area contributed by atoms with Crippen LogP contribution in [0, 0.1) is 5.82 Å². The minimum absolute atomic E-state index is 0.157. The van der Waals surface area contributed by atoms with Crippen molar-refractivity contribution in [1.82, 2.24) is 20.6 Å². The van der Waals surface area contributed by atoms with E-state index in [1.54, 1.807) is 30.5 Å². The summed E-state index contributed by atoms with van der Waals surface area (Å²) in [5.41, 5.74) is 2.02. The van der Waals surface area contributed by atoms with Gasteiger partial charge in [0.15, 0.2) is 5.13 Å². The number of amides is 3. The number of hydrogen-bond acceptors (Lipinski definition) is 6. The summed E-state index contributed by atoms with van der Waals surface area (Å²) in [4.78, 5) is 35.7. The van der Waals surface area contributed by atoms with Crippen LogP contribution in [-0.2, 0) is 13.0 Å². The second-order valence-electron chi connectivity index (χ2n) is 7.66. The van der Waals surface area contributed by atoms with Gasteiger partial charge in [0, 0.05) is 44.2 Å². The predicted molar refractivity (Wildman–Crippen MR) is 126 cm³/mol. The minimum atomic E-state index is -0.417. The number of carbonyl (C=O) groups excluding carboxylic acids is 2. The van der Waals surface area contributed by atoms with E-state index < -0.39 is 6.03 Å². The molecule has 1 fully saturated rings. The Morgan fingerprint density at radius 1 is 1.12 bits per heavy atom. The van der Waals surface area contributed by atoms with Gasteiger partial charge >= 0.3 is 6.03 Å². The summed E-state index contributed by atoms with van der Waals surface area (Å²) in [7, 11) is 0. The van der Waals surface area contributed by atoms with Crippen LogP contribution in [0.5, 0.6) is 0 Å². The Morgan fingerprint density at radius 2 is 1.97 bits per heavy atom. The van der Waals surface area contributed by atoms with Crippen molar-refractivity contribution in [1.29, 1.82) is 0 Å². The fourth-order valence-corrected chi connectivity index (χ4v) is 4.34. The van der Waals surface area contributed by atoms with Crippen LogP contribution in [-0.4, -0.2) is 41.5 Å². The Balaban J connectivity index is 1.23. The quantitative estimate of drug-likeness (QED) is 0.469. The zero-order valence-electron chi connectivity index (χ0n) is 18.0. The molecule has 1 aromatic carbocycles. The molecule has 1 aliphatic rings. The van der Waals surface area contributed by atoms with E-state index >= 15 is 0 Å². The summed E-state index contributed by atoms with van der Waals surface area (Å²) in [6.45, 7) is 2.47. The van der Waals surface area contributed by atoms with Gasteiger partial charge in [-0.25, -0.2) is 19.2 Å². The van der Waals surface area contributed by atoms with E-state index in [4.69, 9.17) is 0 Å². The van der Waals surface area contributed by atoms with E-state index in [-0.39, 0.29) is 18.3 Å². The van der Waals surface area contributed by atoms with Crippen molar-refractivity contribution in [3.05, 3.63) is 70.6 Å². The van der Waals surface area contributed by atoms with Gasteiger partial charge in [0.25, 0.3) is 5.91 Å². The maximum atomic E-state index is 13.2. The van der Waals surface area contributed by atoms with E-state index in [0.29, 0.717) is 29.2 Å². The van der Waals surface area contributed by atoms with Crippen molar-refractivity contribution < 1.29 is 14.0 Å². The van der Waals surface area contributed by atoms with Gasteiger partial charge in [-0.15, -0.1) is 11.3 Å². The van der Waals surface area contributed by atoms with Crippen molar-refractivity contribution in [3.63, 3.8) is 0 Å². The minimum Gasteiger partial charge on any atom is -0.356 e. The number of pyridine rings is 1. The number of rotatable bonds is 8. The third-order valence-corrected chi connectivity index (χ3v) is 6.02. The van der Waals surface area contributed by atoms with Gasteiger partial charge in [0.1, 0.15) is 11.6 Å². The Hall–Kier alpha value is -3.53. The first-order valence-corrected chi connectivity index (χ1v) is 11.7. The molecule has 0 saturated carbocycles. The van der Waals surface area contributed by atoms with Crippen LogP contribution in [0.1, 0.15) is 34.5 Å². The molecule has 172 valence electrons. The third kappa shape index (κ3) is 6.26. The molecule has 0 spiro atoms. The molecule has 4 rings (SSSR count). The lowest BCUT2D eigenvalue weighted by Gasteiger charge is -2.19. The molecule has 8 nitrogen and oxygen atoms in total. The third-order valence-electron chi connectivity index (χ3n) is 5.22. The molecule has 1 aliphatic heterocycles. The van der Waals surface area contributed by atoms with Crippen LogP contribution in [0.2, 0.25) is 0 Å². The molecule has 10 heteroatoms. The van der Waals surface area contributed by atoms with Crippen molar-refractivity contribution in [2.75, 3.05) is 29.9 Å². The first-order valence-electron chi connectivity index (χ1n) is 10.8. The van der Waals surface area contributed by atoms with Gasteiger partial charge < -0.3 is 15.5 Å². The first-order chi connectivity index (χ1) is 16.1. The SMILES string of the molecule is O=C(NCc1cccc(F)c1)Nc1nc(CCNC(=O)c2cccnc2N2CCCC2)cs1. The number of urea groups is 1. The standard InChI is InChI=1S/C23H25FN6O2S/c24-17-6-3-5-16(13-17)14-27-22(32)29-23-28-18(15-33-23)8-10-26-21(31)19-7-4-9-25-20(19)30-11-1-2-12-30/h3-7,9,13,15H,1-2,8,10-12,14H2,(H,26,31)(H2,27,28,29,32). The van der Waals surface area contributed by atoms with Crippen LogP contribution in [0.3, 0.4) is 0 Å². The summed E-state index contributed by atoms with van der Waals surface area (Å²) in [6.07, 6.45) is 4.47. The van der Waals surface area contributed by atoms with Gasteiger partial charge in [-0.1, -0.05) is 12.1 Å². The average Bonchev–Trinajstić information content (AvgIpc) is 3.50. The largest absolute Gasteiger partial charge is 0.356 e. The number of benzene rings is 1. The van der Waals surface area contributed by atoms with Crippen LogP contribution in [0.4, 0.5) is 20.1 Å². The van der Waals surface area contributed by atoms with Crippen LogP contribution < -0.4 is 20.9 Å². The molecule has 0 bridgehead atoms. The maximum absolute atomic E-state index is 13.2. The number of nitrogens with one attached hydrogen (secondary N) is 3. The zero-order chi connectivity index (χ0) is 23.0. The molecule has 2 aromatic heterocycles. The summed E-state index contributed by atoms with van der Waals surface area (Å²) >= 11 is 1.30. The lowest BCUT2D eigenvalue weighted by Crippen LogP contribution is -2.29. The molecule has 0 atom stereocenters. The fraction of sp³-hybridized carbons (Fsp3) is 0.304. The number of halogens is 1. The molecule has 33 heavy (non-hydrogen) atoms. The molecule has 0 radical (unpaired) electrons. The van der Waals surface area contributed by atoms with E-state index in [1.807, 2.05) is 5.38 Å². The lowest BCUT2D eigenvalue weighted by molar-refractivity contribution is 0.0954. The number of thiazole rings is 1. The van der Waals surface area contributed by atoms with Crippen molar-refractivity contribution in [2.24, 2.45) is 0 Å². The van der Waals surface area contributed by atoms with E-state index in [2.05, 4.69) is 30.8 Å². The molecule has 3 N–H and O–H groups in total. The second kappa shape index (κ2) is 10.9. The van der Waals surface area contributed by atoms with E-state index in [1.165, 1.54) is 23.5 Å². The summed E-state index contributed by atoms with van der Waals surface area (Å²) < 4.78 is 13.2. The van der Waals surface area contributed by atoms with Crippen LogP contribution in [0.25, 0.3) is 0 Å². The monoisotopic (exact) mass is 468 g/mol. The van der Waals surface area contributed by atoms with Gasteiger partial charge in [-0.3, -0.25) is 10.1 Å². The van der Waals surface area contributed by atoms with Gasteiger partial charge in [0.05, 0.1) is 11.3 Å². The number of nitrogens with zero attached hydrogens (tertiary/aromatic N) is 3. The average molecular weight is 469 g/mol. The topological polar surface area (TPSA) is 99.2 Å². The van der Waals surface area contributed by atoms with Gasteiger partial charge in [-0.2, -0.15) is 0 Å². The number of hydrogen-bond donors (Lipinski definition) is 3. The van der Waals surface area contributed by atoms with Gasteiger partial charge in [0.2, 0.25) is 0 Å². The number of anilines is 2. The molecule has 0 aliphatic carbocycles. The highest BCUT2D eigenvalue weighted by Crippen LogP contribution is 2.22. The van der Waals surface area contributed by atoms with Crippen molar-refractivity contribution >= 4 is 34.2 Å². The molecular weight excluding hydrogens is 443 g/mol. The van der Waals surface area contributed by atoms with Gasteiger partial charge in [-0.05, 0) is 42.7 Å². The Labute approximate surface area is 195 Å². The number of carbonyl (C=O) groups is 2. The fourth-order valence-electron chi connectivity index (χ4n) is 3.60. The number of aromatic nitrogens is 2. The highest BCUT2D eigenvalue weighted by molar-refractivity contribution is 7.13. The maximum Gasteiger partial charge on any atom is 0.321 e. The summed E-state index contributed by atoms with van der Waals surface area (Å²) in [5, 5.41) is 10.6. The predicted octanol–water partition coefficient (Wildman–Crippen LogP) is 3.57. The zero-order valence-corrected chi connectivity index (χ0v) is 18.8. The lowest BCUT2D eigenvalue weighted by atomic mass is 10.2. The van der Waals surface area contributed by atoms with Crippen LogP contribution >= 0.6 is 11.3 Å². The van der Waals surface area contributed by atoms with Crippen LogP contribution in [0.15, 0.2) is 48.0 Å². The molecular formula is C23H25FN6O2S. The second-order valence-corrected chi connectivity index (χ2v) is 8.51. The Bertz CT molecular complexity index is 1120. The Kier molecular flexibility index (Phi) is 7.46. The molecule has 1 saturated heterocycles. The van der Waals surface area contributed by atoms with E-state index in [9.17, 15) is 14.0 Å². The smallest absolute Gasteiger partial charge is 0.321 e. The highest BCUT2D eigenvalue weighted by Gasteiger charge is 2.20. The normalized spacial score (nSPS) is 13.1. The summed E-state index contributed by atoms with van der Waals surface area (Å²) in [5.74, 6) is 0.231. The van der Waals surface area contributed by atoms with Crippen molar-refractivity contribution in [3.8, 4) is 0 Å². The molecule has 0 unspecified atom stereocenters. The summed E-state index contributed by atoms with van der Waals surface area (Å²) in [6, 6.07) is 9.20. The molecule has 3 amide bonds. The highest BCUT2D eigenvalue weighted by atomic mass is 32.1. The molecule has 3 aromatic rings.